The van der Waals surface area contributed by atoms with Crippen LogP contribution >= 0.6 is 0 Å². The van der Waals surface area contributed by atoms with Crippen molar-refractivity contribution in [1.29, 1.82) is 0 Å². The van der Waals surface area contributed by atoms with E-state index in [1.807, 2.05) is 0 Å². The minimum absolute atomic E-state index is 0.0223. The molecule has 198 valence electrons. The normalized spacial score (nSPS) is 16.6. The molecule has 0 bridgehead atoms. The molecule has 0 N–H and O–H groups in total. The third kappa shape index (κ3) is 6.99. The van der Waals surface area contributed by atoms with E-state index in [4.69, 9.17) is 0 Å². The molecule has 0 saturated carbocycles. The maximum absolute atomic E-state index is 12.9. The Morgan fingerprint density at radius 3 is 2.25 bits per heavy atom. The summed E-state index contributed by atoms with van der Waals surface area (Å²) in [6.45, 7) is 0.0447. The van der Waals surface area contributed by atoms with E-state index >= 15 is 0 Å². The Morgan fingerprint density at radius 1 is 1.06 bits per heavy atom. The Labute approximate surface area is 205 Å². The van der Waals surface area contributed by atoms with Crippen molar-refractivity contribution >= 4 is 26.5 Å². The van der Waals surface area contributed by atoms with Crippen LogP contribution in [0.2, 0.25) is 0 Å². The smallest absolute Gasteiger partial charge is 0.405 e. The number of likely N-dealkylation sites (tertiary alicyclic amines) is 1. The summed E-state index contributed by atoms with van der Waals surface area (Å²) in [5.41, 5.74) is -1.48. The van der Waals surface area contributed by atoms with Crippen molar-refractivity contribution in [1.82, 2.24) is 4.90 Å². The molecule has 0 spiro atoms. The van der Waals surface area contributed by atoms with Crippen molar-refractivity contribution in [3.63, 3.8) is 0 Å². The fraction of sp³-hybridized carbons (Fsp3) is 0.409. The summed E-state index contributed by atoms with van der Waals surface area (Å²) in [4.78, 5) is 13.7. The summed E-state index contributed by atoms with van der Waals surface area (Å²) < 4.78 is 118. The average molecular weight is 558 g/mol. The molecule has 2 aromatic carbocycles. The van der Waals surface area contributed by atoms with Gasteiger partial charge in [-0.2, -0.15) is 13.2 Å². The van der Waals surface area contributed by atoms with E-state index in [1.54, 1.807) is 0 Å². The predicted octanol–water partition coefficient (Wildman–Crippen LogP) is 4.67. The van der Waals surface area contributed by atoms with Crippen LogP contribution in [0.1, 0.15) is 28.8 Å². The van der Waals surface area contributed by atoms with Crippen LogP contribution in [-0.2, 0) is 26.8 Å². The largest absolute Gasteiger partial charge is 0.573 e. The van der Waals surface area contributed by atoms with Crippen molar-refractivity contribution in [2.45, 2.75) is 35.2 Å². The van der Waals surface area contributed by atoms with Crippen LogP contribution in [0.5, 0.6) is 5.75 Å². The number of nitrogens with zero attached hydrogens (tertiary/aromatic N) is 1. The maximum atomic E-state index is 12.9. The zero-order valence-electron chi connectivity index (χ0n) is 18.7. The highest BCUT2D eigenvalue weighted by Gasteiger charge is 2.36. The van der Waals surface area contributed by atoms with E-state index in [0.717, 1.165) is 30.3 Å². The molecular formula is C22H21F6NO5S2. The Hall–Kier alpha value is -2.61. The molecule has 0 aromatic heterocycles. The van der Waals surface area contributed by atoms with Crippen molar-refractivity contribution in [2.75, 3.05) is 25.1 Å². The molecule has 2 aromatic rings. The number of carbonyl (C=O) groups excluding carboxylic acids is 1. The number of ether oxygens (including phenoxy) is 1. The number of hydrogen-bond donors (Lipinski definition) is 0. The second kappa shape index (κ2) is 10.4. The summed E-state index contributed by atoms with van der Waals surface area (Å²) in [5, 5.41) is 0. The van der Waals surface area contributed by atoms with Crippen LogP contribution in [0.25, 0.3) is 0 Å². The van der Waals surface area contributed by atoms with Crippen LogP contribution in [0.15, 0.2) is 52.3 Å². The quantitative estimate of drug-likeness (QED) is 0.483. The monoisotopic (exact) mass is 557 g/mol. The average Bonchev–Trinajstić information content (AvgIpc) is 2.77. The molecular weight excluding hydrogens is 536 g/mol. The second-order valence-corrected chi connectivity index (χ2v) is 11.6. The number of halogens is 6. The first-order valence-corrected chi connectivity index (χ1v) is 13.7. The first-order chi connectivity index (χ1) is 16.6. The van der Waals surface area contributed by atoms with E-state index < -0.39 is 72.5 Å². The SMILES string of the molecule is CS(=O)c1ccc(C(=O)N2CCC(CS(=O)(=O)c3cccc(C(F)(F)F)c3)CC2)c(OC(F)(F)F)c1. The van der Waals surface area contributed by atoms with Gasteiger partial charge in [0.2, 0.25) is 0 Å². The third-order valence-electron chi connectivity index (χ3n) is 5.62. The number of rotatable bonds is 6. The summed E-state index contributed by atoms with van der Waals surface area (Å²) in [5.74, 6) is -2.48. The van der Waals surface area contributed by atoms with Gasteiger partial charge < -0.3 is 9.64 Å². The summed E-state index contributed by atoms with van der Waals surface area (Å²) >= 11 is 0. The molecule has 36 heavy (non-hydrogen) atoms. The molecule has 0 aliphatic carbocycles. The maximum Gasteiger partial charge on any atom is 0.573 e. The minimum atomic E-state index is -5.09. The lowest BCUT2D eigenvalue weighted by Gasteiger charge is -2.32. The number of carbonyl (C=O) groups is 1. The van der Waals surface area contributed by atoms with Gasteiger partial charge in [0.05, 0.1) is 21.8 Å². The number of hydrogen-bond acceptors (Lipinski definition) is 5. The lowest BCUT2D eigenvalue weighted by Crippen LogP contribution is -2.40. The van der Waals surface area contributed by atoms with Crippen LogP contribution in [0, 0.1) is 5.92 Å². The van der Waals surface area contributed by atoms with E-state index in [-0.39, 0.29) is 30.8 Å². The number of amides is 1. The van der Waals surface area contributed by atoms with Gasteiger partial charge >= 0.3 is 12.5 Å². The third-order valence-corrected chi connectivity index (χ3v) is 8.42. The highest BCUT2D eigenvalue weighted by Crippen LogP contribution is 2.33. The molecule has 1 aliphatic rings. The fourth-order valence-electron chi connectivity index (χ4n) is 3.81. The number of alkyl halides is 6. The molecule has 1 amide bonds. The Bertz CT molecular complexity index is 1250. The van der Waals surface area contributed by atoms with E-state index in [0.29, 0.717) is 6.07 Å². The van der Waals surface area contributed by atoms with Crippen molar-refractivity contribution in [2.24, 2.45) is 5.92 Å². The second-order valence-electron chi connectivity index (χ2n) is 8.20. The van der Waals surface area contributed by atoms with E-state index in [9.17, 15) is 43.8 Å². The molecule has 1 atom stereocenters. The lowest BCUT2D eigenvalue weighted by atomic mass is 9.98. The zero-order chi connectivity index (χ0) is 26.9. The standard InChI is InChI=1S/C22H21F6NO5S2/c1-35(31)16-5-6-18(19(12-16)34-22(26,27)28)20(30)29-9-7-14(8-10-29)13-36(32,33)17-4-2-3-15(11-17)21(23,24)25/h2-6,11-12,14H,7-10,13H2,1H3. The van der Waals surface area contributed by atoms with E-state index in [2.05, 4.69) is 4.74 Å². The van der Waals surface area contributed by atoms with Gasteiger partial charge in [-0.1, -0.05) is 6.07 Å². The zero-order valence-corrected chi connectivity index (χ0v) is 20.4. The lowest BCUT2D eigenvalue weighted by molar-refractivity contribution is -0.274. The predicted molar refractivity (Wildman–Crippen MR) is 118 cm³/mol. The van der Waals surface area contributed by atoms with Crippen molar-refractivity contribution in [3.8, 4) is 5.75 Å². The Morgan fingerprint density at radius 2 is 1.69 bits per heavy atom. The van der Waals surface area contributed by atoms with Crippen LogP contribution in [0.4, 0.5) is 26.3 Å². The topological polar surface area (TPSA) is 80.8 Å². The highest BCUT2D eigenvalue weighted by molar-refractivity contribution is 7.91. The van der Waals surface area contributed by atoms with Gasteiger partial charge in [-0.25, -0.2) is 8.42 Å². The Kier molecular flexibility index (Phi) is 8.08. The first kappa shape index (κ1) is 28.0. The van der Waals surface area contributed by atoms with Crippen LogP contribution < -0.4 is 4.74 Å². The van der Waals surface area contributed by atoms with Gasteiger partial charge in [-0.3, -0.25) is 9.00 Å². The minimum Gasteiger partial charge on any atom is -0.405 e. The molecule has 1 aliphatic heterocycles. The van der Waals surface area contributed by atoms with Gasteiger partial charge in [-0.15, -0.1) is 13.2 Å². The first-order valence-electron chi connectivity index (χ1n) is 10.5. The van der Waals surface area contributed by atoms with Gasteiger partial charge in [-0.05, 0) is 55.2 Å². The summed E-state index contributed by atoms with van der Waals surface area (Å²) in [7, 11) is -5.67. The number of piperidine rings is 1. The highest BCUT2D eigenvalue weighted by atomic mass is 32.2. The van der Waals surface area contributed by atoms with Gasteiger partial charge in [0.25, 0.3) is 5.91 Å². The van der Waals surface area contributed by atoms with Gasteiger partial charge in [0, 0.05) is 35.0 Å². The molecule has 1 saturated heterocycles. The molecule has 3 rings (SSSR count). The molecule has 6 nitrogen and oxygen atoms in total. The summed E-state index contributed by atoms with van der Waals surface area (Å²) in [6, 6.07) is 6.65. The number of sulfone groups is 1. The van der Waals surface area contributed by atoms with E-state index in [1.165, 1.54) is 17.2 Å². The van der Waals surface area contributed by atoms with Crippen LogP contribution in [0.3, 0.4) is 0 Å². The molecule has 1 fully saturated rings. The summed E-state index contributed by atoms with van der Waals surface area (Å²) in [6.07, 6.45) is -8.18. The fourth-order valence-corrected chi connectivity index (χ4v) is 6.08. The Balaban J connectivity index is 1.71. The van der Waals surface area contributed by atoms with Gasteiger partial charge in [0.1, 0.15) is 5.75 Å². The van der Waals surface area contributed by atoms with Gasteiger partial charge in [0.15, 0.2) is 9.84 Å². The molecule has 14 heteroatoms. The molecule has 0 radical (unpaired) electrons. The number of benzene rings is 2. The van der Waals surface area contributed by atoms with Crippen molar-refractivity contribution < 1.29 is 48.5 Å². The van der Waals surface area contributed by atoms with Crippen molar-refractivity contribution in [3.05, 3.63) is 53.6 Å². The van der Waals surface area contributed by atoms with Crippen LogP contribution in [-0.4, -0.2) is 54.9 Å². The molecule has 1 heterocycles. The molecule has 1 unspecified atom stereocenters.